The van der Waals surface area contributed by atoms with Crippen molar-refractivity contribution in [2.45, 2.75) is 44.2 Å². The maximum Gasteiger partial charge on any atom is 0.211 e. The van der Waals surface area contributed by atoms with E-state index in [0.717, 1.165) is 51.7 Å². The van der Waals surface area contributed by atoms with E-state index in [1.54, 1.807) is 4.31 Å². The molecule has 2 aliphatic rings. The molecule has 6 nitrogen and oxygen atoms in total. The van der Waals surface area contributed by atoms with Crippen molar-refractivity contribution >= 4 is 10.0 Å². The fraction of sp³-hybridized carbons (Fsp3) is 0.800. The number of aromatic nitrogens is 2. The molecule has 1 aromatic heterocycles. The molecule has 0 aliphatic carbocycles. The number of aryl methyl sites for hydroxylation is 1. The van der Waals surface area contributed by atoms with Gasteiger partial charge in [-0.25, -0.2) is 8.42 Å². The highest BCUT2D eigenvalue weighted by molar-refractivity contribution is 7.88. The lowest BCUT2D eigenvalue weighted by Crippen LogP contribution is -2.61. The minimum atomic E-state index is -3.14. The third kappa shape index (κ3) is 3.21. The zero-order chi connectivity index (χ0) is 15.8. The number of hydrogen-bond donors (Lipinski definition) is 0. The normalized spacial score (nSPS) is 28.3. The molecule has 0 radical (unpaired) electrons. The van der Waals surface area contributed by atoms with Crippen LogP contribution in [0.15, 0.2) is 12.4 Å². The van der Waals surface area contributed by atoms with Crippen LogP contribution in [0, 0.1) is 0 Å². The van der Waals surface area contributed by atoms with E-state index in [0.29, 0.717) is 6.54 Å². The summed E-state index contributed by atoms with van der Waals surface area (Å²) in [4.78, 5) is 2.39. The zero-order valence-electron chi connectivity index (χ0n) is 13.5. The molecular formula is C15H26N4O2S. The molecule has 1 spiro atoms. The smallest absolute Gasteiger partial charge is 0.211 e. The van der Waals surface area contributed by atoms with Gasteiger partial charge in [0.1, 0.15) is 0 Å². The van der Waals surface area contributed by atoms with Gasteiger partial charge in [-0.1, -0.05) is 6.42 Å². The van der Waals surface area contributed by atoms with Gasteiger partial charge in [0.15, 0.2) is 0 Å². The van der Waals surface area contributed by atoms with Gasteiger partial charge in [0.2, 0.25) is 10.0 Å². The second-order valence-electron chi connectivity index (χ2n) is 6.85. The van der Waals surface area contributed by atoms with Crippen LogP contribution >= 0.6 is 0 Å². The minimum Gasteiger partial charge on any atom is -0.297 e. The topological polar surface area (TPSA) is 58.4 Å². The van der Waals surface area contributed by atoms with Crippen molar-refractivity contribution in [2.24, 2.45) is 7.05 Å². The predicted octanol–water partition coefficient (Wildman–Crippen LogP) is 1.20. The van der Waals surface area contributed by atoms with Crippen molar-refractivity contribution in [3.05, 3.63) is 18.0 Å². The van der Waals surface area contributed by atoms with Gasteiger partial charge in [-0.05, 0) is 32.2 Å². The first-order chi connectivity index (χ1) is 10.4. The van der Waals surface area contributed by atoms with E-state index in [9.17, 15) is 8.42 Å². The van der Waals surface area contributed by atoms with Gasteiger partial charge in [-0.2, -0.15) is 9.40 Å². The molecule has 2 saturated heterocycles. The molecule has 0 N–H and O–H groups in total. The first-order valence-corrected chi connectivity index (χ1v) is 9.92. The van der Waals surface area contributed by atoms with Gasteiger partial charge in [0.25, 0.3) is 0 Å². The number of likely N-dealkylation sites (tertiary alicyclic amines) is 1. The molecule has 2 aliphatic heterocycles. The van der Waals surface area contributed by atoms with Crippen LogP contribution in [0.25, 0.3) is 0 Å². The van der Waals surface area contributed by atoms with Crippen LogP contribution in [0.5, 0.6) is 0 Å². The third-order valence-corrected chi connectivity index (χ3v) is 6.35. The van der Waals surface area contributed by atoms with Gasteiger partial charge in [0, 0.05) is 44.0 Å². The maximum atomic E-state index is 12.2. The van der Waals surface area contributed by atoms with Gasteiger partial charge in [-0.3, -0.25) is 9.58 Å². The van der Waals surface area contributed by atoms with E-state index >= 15 is 0 Å². The lowest BCUT2D eigenvalue weighted by atomic mass is 9.81. The first kappa shape index (κ1) is 16.0. The molecule has 3 rings (SSSR count). The summed E-state index contributed by atoms with van der Waals surface area (Å²) in [5.74, 6) is 0. The highest BCUT2D eigenvalue weighted by atomic mass is 32.2. The van der Waals surface area contributed by atoms with Crippen molar-refractivity contribution in [2.75, 3.05) is 25.9 Å². The van der Waals surface area contributed by atoms with Crippen molar-refractivity contribution < 1.29 is 8.42 Å². The summed E-state index contributed by atoms with van der Waals surface area (Å²) in [5, 5.41) is 4.22. The molecular weight excluding hydrogens is 300 g/mol. The molecule has 0 unspecified atom stereocenters. The van der Waals surface area contributed by atoms with Crippen molar-refractivity contribution in [3.63, 3.8) is 0 Å². The number of hydrogen-bond acceptors (Lipinski definition) is 4. The Labute approximate surface area is 133 Å². The SMILES string of the molecule is Cn1cc(CN2CCC[C@@]3(CCCCN3S(C)(=O)=O)C2)cn1. The third-order valence-electron chi connectivity index (χ3n) is 4.98. The van der Waals surface area contributed by atoms with Crippen molar-refractivity contribution in [1.82, 2.24) is 19.0 Å². The minimum absolute atomic E-state index is 0.188. The predicted molar refractivity (Wildman–Crippen MR) is 85.9 cm³/mol. The van der Waals surface area contributed by atoms with Crippen LogP contribution in [0.1, 0.15) is 37.7 Å². The molecule has 0 aromatic carbocycles. The molecule has 1 atom stereocenters. The van der Waals surface area contributed by atoms with Gasteiger partial charge >= 0.3 is 0 Å². The lowest BCUT2D eigenvalue weighted by molar-refractivity contribution is 0.0337. The summed E-state index contributed by atoms with van der Waals surface area (Å²) in [7, 11) is -1.21. The Morgan fingerprint density at radius 3 is 2.68 bits per heavy atom. The monoisotopic (exact) mass is 326 g/mol. The molecule has 2 fully saturated rings. The fourth-order valence-electron chi connectivity index (χ4n) is 4.15. The Hall–Kier alpha value is -0.920. The van der Waals surface area contributed by atoms with Crippen LogP contribution in [-0.4, -0.2) is 58.8 Å². The largest absolute Gasteiger partial charge is 0.297 e. The summed E-state index contributed by atoms with van der Waals surface area (Å²) in [6.45, 7) is 3.41. The van der Waals surface area contributed by atoms with E-state index < -0.39 is 10.0 Å². The van der Waals surface area contributed by atoms with E-state index in [4.69, 9.17) is 0 Å². The van der Waals surface area contributed by atoms with Gasteiger partial charge in [-0.15, -0.1) is 0 Å². The maximum absolute atomic E-state index is 12.2. The average molecular weight is 326 g/mol. The summed E-state index contributed by atoms with van der Waals surface area (Å²) in [6.07, 6.45) is 10.5. The standard InChI is InChI=1S/C15H26N4O2S/c1-17-11-14(10-16-17)12-18-8-5-7-15(13-18)6-3-4-9-19(15)22(2,20)21/h10-11H,3-9,12-13H2,1-2H3/t15-/m0/s1. The Balaban J connectivity index is 1.78. The molecule has 124 valence electrons. The fourth-order valence-corrected chi connectivity index (χ4v) is 5.55. The van der Waals surface area contributed by atoms with Crippen LogP contribution in [0.4, 0.5) is 0 Å². The quantitative estimate of drug-likeness (QED) is 0.837. The zero-order valence-corrected chi connectivity index (χ0v) is 14.3. The molecule has 22 heavy (non-hydrogen) atoms. The second kappa shape index (κ2) is 5.94. The summed E-state index contributed by atoms with van der Waals surface area (Å²) >= 11 is 0. The Bertz CT molecular complexity index is 623. The summed E-state index contributed by atoms with van der Waals surface area (Å²) < 4.78 is 28.1. The van der Waals surface area contributed by atoms with Crippen LogP contribution < -0.4 is 0 Å². The summed E-state index contributed by atoms with van der Waals surface area (Å²) in [5.41, 5.74) is 1.01. The number of nitrogens with zero attached hydrogens (tertiary/aromatic N) is 4. The second-order valence-corrected chi connectivity index (χ2v) is 8.76. The molecule has 0 saturated carbocycles. The molecule has 7 heteroatoms. The molecule has 3 heterocycles. The highest BCUT2D eigenvalue weighted by Gasteiger charge is 2.45. The Kier molecular flexibility index (Phi) is 4.31. The van der Waals surface area contributed by atoms with E-state index in [1.165, 1.54) is 11.8 Å². The highest BCUT2D eigenvalue weighted by Crippen LogP contribution is 2.38. The first-order valence-electron chi connectivity index (χ1n) is 8.07. The molecule has 1 aromatic rings. The lowest BCUT2D eigenvalue weighted by Gasteiger charge is -2.51. The van der Waals surface area contributed by atoms with E-state index in [1.807, 2.05) is 24.1 Å². The van der Waals surface area contributed by atoms with E-state index in [-0.39, 0.29) is 5.54 Å². The number of piperidine rings is 2. The van der Waals surface area contributed by atoms with Crippen molar-refractivity contribution in [1.29, 1.82) is 0 Å². The Morgan fingerprint density at radius 2 is 2.00 bits per heavy atom. The number of rotatable bonds is 3. The van der Waals surface area contributed by atoms with Crippen LogP contribution in [0.2, 0.25) is 0 Å². The Morgan fingerprint density at radius 1 is 1.23 bits per heavy atom. The number of sulfonamides is 1. The van der Waals surface area contributed by atoms with Gasteiger partial charge in [0.05, 0.1) is 12.5 Å². The van der Waals surface area contributed by atoms with E-state index in [2.05, 4.69) is 10.00 Å². The molecule has 0 bridgehead atoms. The summed E-state index contributed by atoms with van der Waals surface area (Å²) in [6, 6.07) is 0. The average Bonchev–Trinajstić information content (AvgIpc) is 2.83. The molecule has 0 amide bonds. The van der Waals surface area contributed by atoms with Crippen LogP contribution in [0.3, 0.4) is 0 Å². The van der Waals surface area contributed by atoms with Crippen LogP contribution in [-0.2, 0) is 23.6 Å². The van der Waals surface area contributed by atoms with Gasteiger partial charge < -0.3 is 0 Å². The van der Waals surface area contributed by atoms with Crippen molar-refractivity contribution in [3.8, 4) is 0 Å².